The first-order chi connectivity index (χ1) is 12.7. The molecule has 2 aliphatic heterocycles. The van der Waals surface area contributed by atoms with Gasteiger partial charge in [0.2, 0.25) is 11.8 Å². The fourth-order valence-electron chi connectivity index (χ4n) is 3.94. The molecule has 6 heteroatoms. The van der Waals surface area contributed by atoms with Crippen molar-refractivity contribution in [1.29, 1.82) is 0 Å². The summed E-state index contributed by atoms with van der Waals surface area (Å²) in [5.74, 6) is -0.254. The van der Waals surface area contributed by atoms with Crippen LogP contribution in [-0.2, 0) is 14.3 Å². The Morgan fingerprint density at radius 1 is 1.19 bits per heavy atom. The van der Waals surface area contributed by atoms with E-state index in [4.69, 9.17) is 4.74 Å². The quantitative estimate of drug-likeness (QED) is 0.666. The van der Waals surface area contributed by atoms with E-state index < -0.39 is 6.04 Å². The first-order valence-corrected chi connectivity index (χ1v) is 10.3. The molecule has 6 nitrogen and oxygen atoms in total. The molecule has 0 aromatic heterocycles. The first kappa shape index (κ1) is 21.9. The highest BCUT2D eigenvalue weighted by atomic mass is 16.5. The van der Waals surface area contributed by atoms with E-state index in [0.29, 0.717) is 6.54 Å². The summed E-state index contributed by atoms with van der Waals surface area (Å²) >= 11 is 0. The van der Waals surface area contributed by atoms with Gasteiger partial charge in [0.15, 0.2) is 0 Å². The van der Waals surface area contributed by atoms with E-state index >= 15 is 0 Å². The van der Waals surface area contributed by atoms with E-state index in [9.17, 15) is 9.59 Å². The predicted molar refractivity (Wildman–Crippen MR) is 107 cm³/mol. The highest BCUT2D eigenvalue weighted by Gasteiger charge is 2.42. The van der Waals surface area contributed by atoms with E-state index in [0.717, 1.165) is 45.3 Å². The number of allylic oxidation sites excluding steroid dienone is 1. The second kappa shape index (κ2) is 9.69. The second-order valence-corrected chi connectivity index (χ2v) is 8.71. The van der Waals surface area contributed by atoms with E-state index in [1.165, 1.54) is 12.5 Å². The van der Waals surface area contributed by atoms with Crippen molar-refractivity contribution in [3.8, 4) is 0 Å². The van der Waals surface area contributed by atoms with Gasteiger partial charge in [-0.25, -0.2) is 0 Å². The fraction of sp³-hybridized carbons (Fsp3) is 0.810. The topological polar surface area (TPSA) is 70.7 Å². The molecule has 0 aromatic rings. The van der Waals surface area contributed by atoms with Gasteiger partial charge in [-0.2, -0.15) is 0 Å². The average Bonchev–Trinajstić information content (AvgIpc) is 2.99. The monoisotopic (exact) mass is 379 g/mol. The minimum atomic E-state index is -0.490. The van der Waals surface area contributed by atoms with Crippen LogP contribution in [0.15, 0.2) is 11.6 Å². The van der Waals surface area contributed by atoms with Crippen molar-refractivity contribution in [2.24, 2.45) is 5.92 Å². The number of carbonyl (C=O) groups is 2. The molecule has 2 heterocycles. The van der Waals surface area contributed by atoms with E-state index in [1.807, 2.05) is 13.8 Å². The first-order valence-electron chi connectivity index (χ1n) is 10.3. The summed E-state index contributed by atoms with van der Waals surface area (Å²) in [5, 5.41) is 5.71. The lowest BCUT2D eigenvalue weighted by Gasteiger charge is -2.39. The summed E-state index contributed by atoms with van der Waals surface area (Å²) in [6, 6.07) is -0.490. The number of hydrogen-bond acceptors (Lipinski definition) is 4. The van der Waals surface area contributed by atoms with Crippen molar-refractivity contribution in [3.63, 3.8) is 0 Å². The van der Waals surface area contributed by atoms with Crippen LogP contribution in [0.2, 0.25) is 0 Å². The molecule has 0 bridgehead atoms. The zero-order valence-electron chi connectivity index (χ0n) is 17.6. The summed E-state index contributed by atoms with van der Waals surface area (Å²) in [5.41, 5.74) is 1.36. The zero-order valence-corrected chi connectivity index (χ0v) is 17.6. The minimum absolute atomic E-state index is 0.00798. The molecular weight excluding hydrogens is 342 g/mol. The van der Waals surface area contributed by atoms with Crippen LogP contribution in [0.5, 0.6) is 0 Å². The number of hydrogen-bond donors (Lipinski definition) is 2. The van der Waals surface area contributed by atoms with Crippen molar-refractivity contribution in [3.05, 3.63) is 11.6 Å². The Kier molecular flexibility index (Phi) is 7.86. The third kappa shape index (κ3) is 6.61. The number of likely N-dealkylation sites (tertiary alicyclic amines) is 1. The lowest BCUT2D eigenvalue weighted by Crippen LogP contribution is -2.50. The van der Waals surface area contributed by atoms with Crippen LogP contribution in [0, 0.1) is 5.92 Å². The normalized spacial score (nSPS) is 23.3. The Bertz CT molecular complexity index is 547. The maximum absolute atomic E-state index is 12.4. The zero-order chi connectivity index (χ0) is 20.0. The fourth-order valence-corrected chi connectivity index (χ4v) is 3.94. The summed E-state index contributed by atoms with van der Waals surface area (Å²) in [6.45, 7) is 13.3. The third-order valence-electron chi connectivity index (χ3n) is 5.68. The number of nitrogens with zero attached hydrogens (tertiary/aromatic N) is 1. The van der Waals surface area contributed by atoms with Crippen LogP contribution in [0.1, 0.15) is 60.3 Å². The van der Waals surface area contributed by atoms with Gasteiger partial charge in [-0.3, -0.25) is 14.5 Å². The van der Waals surface area contributed by atoms with Gasteiger partial charge in [0.25, 0.3) is 0 Å². The molecule has 0 aromatic carbocycles. The molecular formula is C21H37N3O3. The van der Waals surface area contributed by atoms with Crippen molar-refractivity contribution < 1.29 is 14.3 Å². The largest absolute Gasteiger partial charge is 0.370 e. The number of carbonyl (C=O) groups excluding carboxylic acids is 2. The predicted octanol–water partition coefficient (Wildman–Crippen LogP) is 2.24. The number of ether oxygens (including phenoxy) is 1. The Morgan fingerprint density at radius 2 is 1.85 bits per heavy atom. The summed E-state index contributed by atoms with van der Waals surface area (Å²) in [4.78, 5) is 26.2. The molecule has 27 heavy (non-hydrogen) atoms. The molecule has 1 spiro atoms. The molecule has 2 atom stereocenters. The second-order valence-electron chi connectivity index (χ2n) is 8.71. The molecule has 2 amide bonds. The van der Waals surface area contributed by atoms with Crippen LogP contribution in [0.4, 0.5) is 0 Å². The molecule has 154 valence electrons. The smallest absolute Gasteiger partial charge is 0.242 e. The maximum atomic E-state index is 12.4. The van der Waals surface area contributed by atoms with Gasteiger partial charge < -0.3 is 15.4 Å². The SMILES string of the molecule is CC(=O)NC(C(=O)NCC1CCC2(CCN(CC=C(C)C)CC2)O1)C(C)C. The van der Waals surface area contributed by atoms with Gasteiger partial charge in [-0.15, -0.1) is 0 Å². The Balaban J connectivity index is 1.77. The molecule has 2 saturated heterocycles. The molecule has 2 unspecified atom stereocenters. The van der Waals surface area contributed by atoms with Crippen molar-refractivity contribution in [2.75, 3.05) is 26.2 Å². The van der Waals surface area contributed by atoms with Gasteiger partial charge in [0.1, 0.15) is 6.04 Å². The summed E-state index contributed by atoms with van der Waals surface area (Å²) < 4.78 is 6.39. The number of piperidine rings is 1. The highest BCUT2D eigenvalue weighted by molar-refractivity contribution is 5.87. The van der Waals surface area contributed by atoms with Gasteiger partial charge in [0, 0.05) is 33.1 Å². The van der Waals surface area contributed by atoms with Crippen molar-refractivity contribution >= 4 is 11.8 Å². The number of nitrogens with one attached hydrogen (secondary N) is 2. The average molecular weight is 380 g/mol. The molecule has 2 rings (SSSR count). The van der Waals surface area contributed by atoms with E-state index in [2.05, 4.69) is 35.5 Å². The van der Waals surface area contributed by atoms with Gasteiger partial charge in [-0.05, 0) is 45.4 Å². The molecule has 0 aliphatic carbocycles. The number of amides is 2. The van der Waals surface area contributed by atoms with Gasteiger partial charge in [0.05, 0.1) is 11.7 Å². The Morgan fingerprint density at radius 3 is 2.41 bits per heavy atom. The van der Waals surface area contributed by atoms with Crippen LogP contribution in [-0.4, -0.2) is 60.6 Å². The maximum Gasteiger partial charge on any atom is 0.242 e. The van der Waals surface area contributed by atoms with E-state index in [-0.39, 0.29) is 29.4 Å². The lowest BCUT2D eigenvalue weighted by molar-refractivity contribution is -0.130. The van der Waals surface area contributed by atoms with Crippen LogP contribution < -0.4 is 10.6 Å². The molecule has 2 N–H and O–H groups in total. The van der Waals surface area contributed by atoms with Crippen LogP contribution in [0.25, 0.3) is 0 Å². The summed E-state index contributed by atoms with van der Waals surface area (Å²) in [6.07, 6.45) is 6.54. The van der Waals surface area contributed by atoms with Crippen molar-refractivity contribution in [1.82, 2.24) is 15.5 Å². The Hall–Kier alpha value is -1.40. The highest BCUT2D eigenvalue weighted by Crippen LogP contribution is 2.38. The van der Waals surface area contributed by atoms with Crippen LogP contribution in [0.3, 0.4) is 0 Å². The Labute approximate surface area is 164 Å². The molecule has 0 radical (unpaired) electrons. The van der Waals surface area contributed by atoms with Crippen molar-refractivity contribution in [2.45, 2.75) is 78.0 Å². The van der Waals surface area contributed by atoms with Crippen LogP contribution >= 0.6 is 0 Å². The minimum Gasteiger partial charge on any atom is -0.370 e. The summed E-state index contributed by atoms with van der Waals surface area (Å²) in [7, 11) is 0. The molecule has 2 fully saturated rings. The van der Waals surface area contributed by atoms with Gasteiger partial charge >= 0.3 is 0 Å². The number of rotatable bonds is 7. The third-order valence-corrected chi connectivity index (χ3v) is 5.68. The molecule has 2 aliphatic rings. The standard InChI is InChI=1S/C21H37N3O3/c1-15(2)7-11-24-12-9-21(10-13-24)8-6-18(27-21)14-22-20(26)19(16(3)4)23-17(5)25/h7,16,18-19H,6,8-14H2,1-5H3,(H,22,26)(H,23,25). The van der Waals surface area contributed by atoms with Gasteiger partial charge in [-0.1, -0.05) is 25.5 Å². The van der Waals surface area contributed by atoms with E-state index in [1.54, 1.807) is 0 Å². The molecule has 0 saturated carbocycles. The lowest BCUT2D eigenvalue weighted by atomic mass is 9.88.